The average Bonchev–Trinajstić information content (AvgIpc) is 2.51. The summed E-state index contributed by atoms with van der Waals surface area (Å²) < 4.78 is 0. The fourth-order valence-corrected chi connectivity index (χ4v) is 4.58. The predicted molar refractivity (Wildman–Crippen MR) is 135 cm³/mol. The molecule has 2 aromatic rings. The van der Waals surface area contributed by atoms with Crippen LogP contribution in [0.15, 0.2) is 24.3 Å². The molecule has 0 heterocycles. The maximum atomic E-state index is 6.45. The van der Waals surface area contributed by atoms with Gasteiger partial charge < -0.3 is 0 Å². The van der Waals surface area contributed by atoms with Crippen molar-refractivity contribution in [2.45, 2.75) is 105 Å². The van der Waals surface area contributed by atoms with Crippen molar-refractivity contribution in [2.75, 3.05) is 0 Å². The van der Waals surface area contributed by atoms with Crippen LogP contribution in [0.3, 0.4) is 0 Å². The number of benzene rings is 2. The summed E-state index contributed by atoms with van der Waals surface area (Å²) in [5.74, 6) is 0. The minimum atomic E-state index is 0. The molecule has 0 fully saturated rings. The standard InChI is InChI=1S/2C14H20Cl.Pd/c2*1-13(2,3)10-8-7-9-11(12(10)15)14(4,5)6;/h2*7-8H,1-6H3;/q2*-1;+2. The van der Waals surface area contributed by atoms with Gasteiger partial charge in [0.15, 0.2) is 0 Å². The Labute approximate surface area is 216 Å². The molecule has 31 heavy (non-hydrogen) atoms. The summed E-state index contributed by atoms with van der Waals surface area (Å²) in [5.41, 5.74) is 4.91. The van der Waals surface area contributed by atoms with E-state index in [-0.39, 0.29) is 42.1 Å². The zero-order chi connectivity index (χ0) is 23.7. The molecule has 0 aliphatic rings. The van der Waals surface area contributed by atoms with Gasteiger partial charge in [-0.2, -0.15) is 59.6 Å². The van der Waals surface area contributed by atoms with Gasteiger partial charge in [-0.25, -0.2) is 0 Å². The second-order valence-corrected chi connectivity index (χ2v) is 12.9. The zero-order valence-corrected chi connectivity index (χ0v) is 24.4. The molecule has 0 saturated heterocycles. The van der Waals surface area contributed by atoms with Crippen molar-refractivity contribution >= 4 is 23.2 Å². The molecule has 176 valence electrons. The van der Waals surface area contributed by atoms with E-state index in [1.807, 2.05) is 12.1 Å². The molecular weight excluding hydrogens is 514 g/mol. The molecule has 2 aromatic carbocycles. The third kappa shape index (κ3) is 8.52. The van der Waals surface area contributed by atoms with Crippen molar-refractivity contribution in [3.8, 4) is 0 Å². The molecule has 0 radical (unpaired) electrons. The van der Waals surface area contributed by atoms with Gasteiger partial charge in [0.25, 0.3) is 0 Å². The molecule has 0 amide bonds. The van der Waals surface area contributed by atoms with E-state index < -0.39 is 0 Å². The van der Waals surface area contributed by atoms with Gasteiger partial charge in [0, 0.05) is 0 Å². The zero-order valence-electron chi connectivity index (χ0n) is 21.4. The number of hydrogen-bond donors (Lipinski definition) is 0. The Hall–Kier alpha value is -0.318. The first-order valence-corrected chi connectivity index (χ1v) is 11.5. The Kier molecular flexibility index (Phi) is 10.6. The quantitative estimate of drug-likeness (QED) is 0.225. The van der Waals surface area contributed by atoms with Crippen LogP contribution in [-0.4, -0.2) is 0 Å². The van der Waals surface area contributed by atoms with Gasteiger partial charge in [0.1, 0.15) is 0 Å². The monoisotopic (exact) mass is 552 g/mol. The van der Waals surface area contributed by atoms with E-state index >= 15 is 0 Å². The van der Waals surface area contributed by atoms with E-state index in [1.54, 1.807) is 0 Å². The van der Waals surface area contributed by atoms with Gasteiger partial charge in [0.05, 0.1) is 0 Å². The van der Waals surface area contributed by atoms with Gasteiger partial charge in [-0.05, 0) is 21.7 Å². The maximum Gasteiger partial charge on any atom is 2.00 e. The molecule has 0 bridgehead atoms. The summed E-state index contributed by atoms with van der Waals surface area (Å²) in [4.78, 5) is 0. The topological polar surface area (TPSA) is 0 Å². The van der Waals surface area contributed by atoms with E-state index in [4.69, 9.17) is 23.2 Å². The Balaban J connectivity index is 0.000000562. The smallest absolute Gasteiger partial charge is 0.178 e. The third-order valence-corrected chi connectivity index (χ3v) is 5.77. The first-order chi connectivity index (χ1) is 13.3. The van der Waals surface area contributed by atoms with E-state index in [0.29, 0.717) is 0 Å². The van der Waals surface area contributed by atoms with E-state index in [1.165, 1.54) is 11.1 Å². The third-order valence-electron chi connectivity index (χ3n) is 4.98. The molecule has 0 aromatic heterocycles. The van der Waals surface area contributed by atoms with Gasteiger partial charge in [0.2, 0.25) is 0 Å². The summed E-state index contributed by atoms with van der Waals surface area (Å²) >= 11 is 12.9. The molecule has 0 aliphatic heterocycles. The van der Waals surface area contributed by atoms with Crippen molar-refractivity contribution in [3.05, 3.63) is 68.7 Å². The van der Waals surface area contributed by atoms with E-state index in [2.05, 4.69) is 107 Å². The Bertz CT molecular complexity index is 717. The number of rotatable bonds is 0. The first kappa shape index (κ1) is 30.7. The van der Waals surface area contributed by atoms with Crippen LogP contribution in [0.1, 0.15) is 105 Å². The Morgan fingerprint density at radius 2 is 0.774 bits per heavy atom. The van der Waals surface area contributed by atoms with E-state index in [0.717, 1.165) is 21.2 Å². The van der Waals surface area contributed by atoms with Crippen molar-refractivity contribution in [1.82, 2.24) is 0 Å². The normalized spacial score (nSPS) is 12.6. The van der Waals surface area contributed by atoms with E-state index in [9.17, 15) is 0 Å². The molecule has 3 heteroatoms. The first-order valence-electron chi connectivity index (χ1n) is 10.7. The SMILES string of the molecule is CC(C)(C)c1[c-]ccc(C(C)(C)C)c1Cl.CC(C)(C)c1[c-]ccc(C(C)(C)C)c1Cl.[Pd+2]. The average molecular weight is 554 g/mol. The van der Waals surface area contributed by atoms with Crippen LogP contribution >= 0.6 is 23.2 Å². The van der Waals surface area contributed by atoms with Crippen LogP contribution in [0, 0.1) is 12.1 Å². The van der Waals surface area contributed by atoms with Gasteiger partial charge in [-0.1, -0.05) is 93.1 Å². The van der Waals surface area contributed by atoms with Crippen molar-refractivity contribution < 1.29 is 20.4 Å². The van der Waals surface area contributed by atoms with Crippen LogP contribution in [0.4, 0.5) is 0 Å². The van der Waals surface area contributed by atoms with Gasteiger partial charge in [-0.15, -0.1) is 22.3 Å². The van der Waals surface area contributed by atoms with Gasteiger partial charge in [-0.3, -0.25) is 0 Å². The number of hydrogen-bond acceptors (Lipinski definition) is 0. The van der Waals surface area contributed by atoms with Crippen LogP contribution < -0.4 is 0 Å². The fourth-order valence-electron chi connectivity index (χ4n) is 3.21. The van der Waals surface area contributed by atoms with Crippen LogP contribution in [-0.2, 0) is 42.1 Å². The largest absolute Gasteiger partial charge is 2.00 e. The van der Waals surface area contributed by atoms with Crippen molar-refractivity contribution in [3.63, 3.8) is 0 Å². The molecular formula is C28H40Cl2Pd. The van der Waals surface area contributed by atoms with Crippen LogP contribution in [0.25, 0.3) is 0 Å². The summed E-state index contributed by atoms with van der Waals surface area (Å²) in [6.45, 7) is 26.1. The second kappa shape index (κ2) is 10.7. The summed E-state index contributed by atoms with van der Waals surface area (Å²) in [6.07, 6.45) is 0. The van der Waals surface area contributed by atoms with Gasteiger partial charge >= 0.3 is 20.4 Å². The molecule has 0 aliphatic carbocycles. The molecule has 0 spiro atoms. The minimum absolute atomic E-state index is 0. The molecule has 0 saturated carbocycles. The molecule has 0 N–H and O–H groups in total. The second-order valence-electron chi connectivity index (χ2n) is 12.2. The van der Waals surface area contributed by atoms with Crippen molar-refractivity contribution in [1.29, 1.82) is 0 Å². The Morgan fingerprint density at radius 1 is 0.516 bits per heavy atom. The predicted octanol–water partition coefficient (Wildman–Crippen LogP) is 9.47. The number of halogens is 2. The van der Waals surface area contributed by atoms with Crippen LogP contribution in [0.2, 0.25) is 10.0 Å². The van der Waals surface area contributed by atoms with Crippen molar-refractivity contribution in [2.24, 2.45) is 0 Å². The summed E-state index contributed by atoms with van der Waals surface area (Å²) in [5, 5.41) is 1.75. The molecule has 0 atom stereocenters. The van der Waals surface area contributed by atoms with Crippen LogP contribution in [0.5, 0.6) is 0 Å². The fraction of sp³-hybridized carbons (Fsp3) is 0.571. The molecule has 0 nitrogen and oxygen atoms in total. The summed E-state index contributed by atoms with van der Waals surface area (Å²) in [6, 6.07) is 14.6. The Morgan fingerprint density at radius 3 is 0.968 bits per heavy atom. The molecule has 0 unspecified atom stereocenters. The molecule has 2 rings (SSSR count). The maximum absolute atomic E-state index is 6.45. The minimum Gasteiger partial charge on any atom is -0.178 e. The summed E-state index contributed by atoms with van der Waals surface area (Å²) in [7, 11) is 0.